The molecule has 4 N–H and O–H groups in total. The Morgan fingerprint density at radius 3 is 2.68 bits per heavy atom. The normalized spacial score (nSPS) is 20.2. The molecule has 0 spiro atoms. The molecule has 0 bridgehead atoms. The van der Waals surface area contributed by atoms with Gasteiger partial charge in [-0.05, 0) is 48.7 Å². The largest absolute Gasteiger partial charge is 0.494 e. The first-order valence-electron chi connectivity index (χ1n) is 9.45. The molecule has 7 heteroatoms. The molecule has 1 atom stereocenters. The molecule has 1 aliphatic carbocycles. The molecule has 2 aromatic rings. The average molecular weight is 397 g/mol. The van der Waals surface area contributed by atoms with E-state index in [1.165, 1.54) is 0 Å². The number of aromatic nitrogens is 2. The molecule has 1 aliphatic heterocycles. The summed E-state index contributed by atoms with van der Waals surface area (Å²) in [5.41, 5.74) is 9.64. The molecule has 6 nitrogen and oxygen atoms in total. The predicted octanol–water partition coefficient (Wildman–Crippen LogP) is 4.32. The summed E-state index contributed by atoms with van der Waals surface area (Å²) in [5, 5.41) is 3.35. The summed E-state index contributed by atoms with van der Waals surface area (Å²) in [6.45, 7) is 6.77. The maximum Gasteiger partial charge on any atom is 0.200 e. The number of ketones is 1. The van der Waals surface area contributed by atoms with Crippen LogP contribution in [0.3, 0.4) is 0 Å². The number of ether oxygens (including phenoxy) is 1. The van der Waals surface area contributed by atoms with Gasteiger partial charge in [0, 0.05) is 29.2 Å². The van der Waals surface area contributed by atoms with Crippen molar-refractivity contribution in [2.75, 3.05) is 17.7 Å². The van der Waals surface area contributed by atoms with Crippen LogP contribution >= 0.6 is 12.2 Å². The Hall–Kier alpha value is -2.67. The highest BCUT2D eigenvalue weighted by Gasteiger charge is 2.42. The highest BCUT2D eigenvalue weighted by Crippen LogP contribution is 2.49. The van der Waals surface area contributed by atoms with Gasteiger partial charge >= 0.3 is 0 Å². The summed E-state index contributed by atoms with van der Waals surface area (Å²) in [6.07, 6.45) is 1.28. The minimum Gasteiger partial charge on any atom is -0.494 e. The van der Waals surface area contributed by atoms with Crippen molar-refractivity contribution in [2.24, 2.45) is 5.41 Å². The topological polar surface area (TPSA) is 93.0 Å². The number of hydrogen-bond acceptors (Lipinski definition) is 6. The fourth-order valence-electron chi connectivity index (χ4n) is 4.21. The van der Waals surface area contributed by atoms with Gasteiger partial charge in [0.15, 0.2) is 10.6 Å². The molecule has 4 rings (SSSR count). The molecular weight excluding hydrogens is 372 g/mol. The van der Waals surface area contributed by atoms with Crippen molar-refractivity contribution in [3.8, 4) is 5.75 Å². The average Bonchev–Trinajstić information content (AvgIpc) is 2.59. The minimum absolute atomic E-state index is 0.104. The zero-order valence-electron chi connectivity index (χ0n) is 16.3. The fraction of sp³-hybridized carbons (Fsp3) is 0.381. The Kier molecular flexibility index (Phi) is 4.50. The van der Waals surface area contributed by atoms with Crippen molar-refractivity contribution in [2.45, 2.75) is 39.5 Å². The summed E-state index contributed by atoms with van der Waals surface area (Å²) < 4.78 is 5.88. The Labute approximate surface area is 169 Å². The van der Waals surface area contributed by atoms with Gasteiger partial charge in [-0.25, -0.2) is 4.98 Å². The first-order chi connectivity index (χ1) is 13.3. The summed E-state index contributed by atoms with van der Waals surface area (Å²) in [6, 6.07) is 7.83. The van der Waals surface area contributed by atoms with Gasteiger partial charge in [-0.2, -0.15) is 0 Å². The van der Waals surface area contributed by atoms with E-state index < -0.39 is 0 Å². The van der Waals surface area contributed by atoms with E-state index in [1.807, 2.05) is 31.2 Å². The molecular formula is C21H24N4O2S. The number of nitrogens with two attached hydrogens (primary N) is 1. The van der Waals surface area contributed by atoms with Crippen LogP contribution in [0.25, 0.3) is 0 Å². The van der Waals surface area contributed by atoms with Gasteiger partial charge in [-0.1, -0.05) is 26.0 Å². The monoisotopic (exact) mass is 396 g/mol. The van der Waals surface area contributed by atoms with E-state index in [-0.39, 0.29) is 17.1 Å². The van der Waals surface area contributed by atoms with E-state index in [0.717, 1.165) is 34.6 Å². The van der Waals surface area contributed by atoms with Crippen LogP contribution in [0.4, 0.5) is 11.6 Å². The van der Waals surface area contributed by atoms with Gasteiger partial charge in [0.1, 0.15) is 17.4 Å². The maximum absolute atomic E-state index is 13.2. The number of allylic oxidation sites excluding steroid dienone is 2. The number of nitrogens with one attached hydrogen (secondary N) is 2. The third kappa shape index (κ3) is 3.20. The number of nitrogens with zero attached hydrogens (tertiary/aromatic N) is 1. The van der Waals surface area contributed by atoms with Crippen LogP contribution in [0, 0.1) is 10.2 Å². The third-order valence-corrected chi connectivity index (χ3v) is 5.48. The number of rotatable bonds is 3. The summed E-state index contributed by atoms with van der Waals surface area (Å²) in [4.78, 5) is 20.6. The van der Waals surface area contributed by atoms with E-state index in [0.29, 0.717) is 29.4 Å². The Morgan fingerprint density at radius 1 is 1.29 bits per heavy atom. The van der Waals surface area contributed by atoms with Crippen molar-refractivity contribution in [1.82, 2.24) is 9.97 Å². The van der Waals surface area contributed by atoms with Crippen LogP contribution in [-0.2, 0) is 4.79 Å². The lowest BCUT2D eigenvalue weighted by Crippen LogP contribution is -2.34. The van der Waals surface area contributed by atoms with Crippen LogP contribution in [0.2, 0.25) is 0 Å². The molecule has 1 unspecified atom stereocenters. The first-order valence-corrected chi connectivity index (χ1v) is 9.85. The van der Waals surface area contributed by atoms with E-state index >= 15 is 0 Å². The zero-order valence-corrected chi connectivity index (χ0v) is 17.1. The van der Waals surface area contributed by atoms with Gasteiger partial charge in [-0.3, -0.25) is 4.79 Å². The fourth-order valence-corrected chi connectivity index (χ4v) is 4.41. The Morgan fingerprint density at radius 2 is 2.00 bits per heavy atom. The predicted molar refractivity (Wildman–Crippen MR) is 112 cm³/mol. The molecule has 0 saturated heterocycles. The van der Waals surface area contributed by atoms with Crippen LogP contribution in [0.1, 0.15) is 50.7 Å². The van der Waals surface area contributed by atoms with Gasteiger partial charge in [0.25, 0.3) is 0 Å². The highest BCUT2D eigenvalue weighted by atomic mass is 32.1. The summed E-state index contributed by atoms with van der Waals surface area (Å²) >= 11 is 5.22. The first kappa shape index (κ1) is 18.7. The highest BCUT2D eigenvalue weighted by molar-refractivity contribution is 7.71. The van der Waals surface area contributed by atoms with Crippen molar-refractivity contribution in [3.63, 3.8) is 0 Å². The molecule has 1 aromatic heterocycles. The molecule has 0 saturated carbocycles. The van der Waals surface area contributed by atoms with Gasteiger partial charge < -0.3 is 20.8 Å². The second kappa shape index (κ2) is 6.74. The van der Waals surface area contributed by atoms with E-state index in [2.05, 4.69) is 29.1 Å². The number of Topliss-reactive ketones (excluding diaryl/α,β-unsaturated/α-hetero) is 1. The van der Waals surface area contributed by atoms with E-state index in [4.69, 9.17) is 22.7 Å². The number of nitrogen functional groups attached to an aromatic ring is 1. The van der Waals surface area contributed by atoms with E-state index in [1.54, 1.807) is 0 Å². The summed E-state index contributed by atoms with van der Waals surface area (Å²) in [7, 11) is 0. The lowest BCUT2D eigenvalue weighted by Gasteiger charge is -2.39. The summed E-state index contributed by atoms with van der Waals surface area (Å²) in [5.74, 6) is 1.72. The number of aromatic amines is 1. The van der Waals surface area contributed by atoms with Gasteiger partial charge in [0.2, 0.25) is 0 Å². The second-order valence-electron chi connectivity index (χ2n) is 8.11. The number of hydrogen-bond donors (Lipinski definition) is 3. The van der Waals surface area contributed by atoms with E-state index in [9.17, 15) is 4.79 Å². The standard InChI is InChI=1S/C21H24N4O2S/c1-4-27-12-7-5-11(6-8-12)15-16-13(9-21(2,3)10-14(16)26)23-19-17(15)18(22)24-20(28)25-19/h5-8,15H,4,9-10H2,1-3H3,(H4,22,23,24,25,28). The molecule has 2 aliphatic rings. The number of benzene rings is 1. The minimum atomic E-state index is -0.287. The number of H-pyrrole nitrogens is 1. The van der Waals surface area contributed by atoms with Crippen molar-refractivity contribution >= 4 is 29.6 Å². The van der Waals surface area contributed by atoms with Crippen molar-refractivity contribution in [1.29, 1.82) is 0 Å². The number of carbonyl (C=O) groups excluding carboxylic acids is 1. The van der Waals surface area contributed by atoms with Crippen molar-refractivity contribution in [3.05, 3.63) is 51.4 Å². The molecule has 0 radical (unpaired) electrons. The van der Waals surface area contributed by atoms with Crippen LogP contribution < -0.4 is 15.8 Å². The zero-order chi connectivity index (χ0) is 20.1. The smallest absolute Gasteiger partial charge is 0.200 e. The quantitative estimate of drug-likeness (QED) is 0.669. The lowest BCUT2D eigenvalue weighted by atomic mass is 9.69. The van der Waals surface area contributed by atoms with Gasteiger partial charge in [-0.15, -0.1) is 0 Å². The molecule has 0 amide bonds. The molecule has 28 heavy (non-hydrogen) atoms. The Bertz CT molecular complexity index is 1040. The number of fused-ring (bicyclic) bond motifs is 1. The van der Waals surface area contributed by atoms with Crippen LogP contribution in [-0.4, -0.2) is 22.4 Å². The molecule has 2 heterocycles. The number of anilines is 2. The van der Waals surface area contributed by atoms with Crippen molar-refractivity contribution < 1.29 is 9.53 Å². The maximum atomic E-state index is 13.2. The van der Waals surface area contributed by atoms with Crippen LogP contribution in [0.15, 0.2) is 35.5 Å². The molecule has 0 fully saturated rings. The second-order valence-corrected chi connectivity index (χ2v) is 8.50. The Balaban J connectivity index is 1.91. The molecule has 1 aromatic carbocycles. The van der Waals surface area contributed by atoms with Gasteiger partial charge in [0.05, 0.1) is 6.61 Å². The molecule has 146 valence electrons. The third-order valence-electron chi connectivity index (χ3n) is 5.29. The SMILES string of the molecule is CCOc1ccc(C2C3=C(CC(C)(C)CC3=O)Nc3nc(=S)[nH]c(N)c32)cc1. The number of carbonyl (C=O) groups is 1. The lowest BCUT2D eigenvalue weighted by molar-refractivity contribution is -0.118. The van der Waals surface area contributed by atoms with Crippen LogP contribution in [0.5, 0.6) is 5.75 Å².